The Morgan fingerprint density at radius 1 is 1.30 bits per heavy atom. The van der Waals surface area contributed by atoms with E-state index in [4.69, 9.17) is 0 Å². The zero-order chi connectivity index (χ0) is 14.1. The van der Waals surface area contributed by atoms with Gasteiger partial charge in [0.2, 0.25) is 0 Å². The fraction of sp³-hybridized carbons (Fsp3) is 0.538. The second-order valence-corrected chi connectivity index (χ2v) is 5.35. The van der Waals surface area contributed by atoms with Crippen molar-refractivity contribution in [1.29, 1.82) is 0 Å². The van der Waals surface area contributed by atoms with Crippen LogP contribution in [0.1, 0.15) is 17.1 Å². The number of aromatic nitrogens is 4. The molecule has 0 N–H and O–H groups in total. The maximum Gasteiger partial charge on any atom is 0.266 e. The highest BCUT2D eigenvalue weighted by atomic mass is 16.6. The van der Waals surface area contributed by atoms with Gasteiger partial charge in [-0.1, -0.05) is 10.3 Å². The summed E-state index contributed by atoms with van der Waals surface area (Å²) in [5, 5.41) is 11.9. The molecular formula is C13H17N5O2. The van der Waals surface area contributed by atoms with Crippen LogP contribution < -0.4 is 5.56 Å². The molecule has 7 heteroatoms. The van der Waals surface area contributed by atoms with Gasteiger partial charge in [-0.15, -0.1) is 0 Å². The molecule has 3 heterocycles. The molecule has 1 aliphatic heterocycles. The van der Waals surface area contributed by atoms with Crippen LogP contribution in [-0.2, 0) is 13.1 Å². The predicted octanol–water partition coefficient (Wildman–Crippen LogP) is 0.375. The molecule has 0 spiro atoms. The Balaban J connectivity index is 1.55. The standard InChI is InChI=1S/C13H17N5O2/c1-9-3-4-13(19)18(14-9)7-11-5-17(6-11)8-12-10(2)15-20-16-12/h3-4,11H,5-8H2,1-2H3. The molecule has 0 atom stereocenters. The van der Waals surface area contributed by atoms with Crippen LogP contribution in [-0.4, -0.2) is 38.1 Å². The average Bonchev–Trinajstić information content (AvgIpc) is 2.76. The molecule has 106 valence electrons. The second kappa shape index (κ2) is 5.16. The molecule has 2 aromatic heterocycles. The van der Waals surface area contributed by atoms with Gasteiger partial charge in [-0.3, -0.25) is 9.69 Å². The van der Waals surface area contributed by atoms with Crippen LogP contribution in [0.3, 0.4) is 0 Å². The summed E-state index contributed by atoms with van der Waals surface area (Å²) in [6, 6.07) is 3.31. The quantitative estimate of drug-likeness (QED) is 0.802. The van der Waals surface area contributed by atoms with Crippen LogP contribution in [0.25, 0.3) is 0 Å². The topological polar surface area (TPSA) is 77.0 Å². The summed E-state index contributed by atoms with van der Waals surface area (Å²) in [5.74, 6) is 0.460. The van der Waals surface area contributed by atoms with Crippen molar-refractivity contribution in [3.8, 4) is 0 Å². The highest BCUT2D eigenvalue weighted by Crippen LogP contribution is 2.19. The smallest absolute Gasteiger partial charge is 0.266 e. The summed E-state index contributed by atoms with van der Waals surface area (Å²) in [6.07, 6.45) is 0. The van der Waals surface area contributed by atoms with E-state index in [0.717, 1.165) is 36.7 Å². The van der Waals surface area contributed by atoms with Crippen molar-refractivity contribution >= 4 is 0 Å². The fourth-order valence-corrected chi connectivity index (χ4v) is 2.45. The van der Waals surface area contributed by atoms with Crippen LogP contribution in [0.2, 0.25) is 0 Å². The fourth-order valence-electron chi connectivity index (χ4n) is 2.45. The highest BCUT2D eigenvalue weighted by Gasteiger charge is 2.28. The molecule has 0 aliphatic carbocycles. The van der Waals surface area contributed by atoms with E-state index in [1.807, 2.05) is 13.8 Å². The molecule has 0 aromatic carbocycles. The zero-order valence-electron chi connectivity index (χ0n) is 11.6. The van der Waals surface area contributed by atoms with Gasteiger partial charge >= 0.3 is 0 Å². The lowest BCUT2D eigenvalue weighted by molar-refractivity contribution is 0.0739. The van der Waals surface area contributed by atoms with Gasteiger partial charge in [-0.2, -0.15) is 5.10 Å². The molecule has 1 saturated heterocycles. The van der Waals surface area contributed by atoms with E-state index in [0.29, 0.717) is 12.5 Å². The molecule has 0 bridgehead atoms. The molecule has 0 unspecified atom stereocenters. The van der Waals surface area contributed by atoms with Crippen molar-refractivity contribution < 1.29 is 4.63 Å². The van der Waals surface area contributed by atoms with Gasteiger partial charge < -0.3 is 0 Å². The van der Waals surface area contributed by atoms with Crippen molar-refractivity contribution in [2.45, 2.75) is 26.9 Å². The minimum Gasteiger partial charge on any atom is -0.297 e. The summed E-state index contributed by atoms with van der Waals surface area (Å²) in [5.41, 5.74) is 2.55. The third-order valence-corrected chi connectivity index (χ3v) is 3.58. The lowest BCUT2D eigenvalue weighted by atomic mass is 10.00. The van der Waals surface area contributed by atoms with Gasteiger partial charge in [-0.05, 0) is 19.9 Å². The lowest BCUT2D eigenvalue weighted by Gasteiger charge is -2.38. The maximum absolute atomic E-state index is 11.7. The van der Waals surface area contributed by atoms with Gasteiger partial charge in [-0.25, -0.2) is 9.31 Å². The molecule has 20 heavy (non-hydrogen) atoms. The number of rotatable bonds is 4. The predicted molar refractivity (Wildman–Crippen MR) is 71.0 cm³/mol. The zero-order valence-corrected chi connectivity index (χ0v) is 11.6. The Bertz CT molecular complexity index is 657. The summed E-state index contributed by atoms with van der Waals surface area (Å²) < 4.78 is 6.24. The van der Waals surface area contributed by atoms with Crippen LogP contribution in [0.4, 0.5) is 0 Å². The summed E-state index contributed by atoms with van der Waals surface area (Å²) in [6.45, 7) is 7.08. The Kier molecular flexibility index (Phi) is 3.35. The average molecular weight is 275 g/mol. The molecule has 2 aromatic rings. The van der Waals surface area contributed by atoms with E-state index in [1.165, 1.54) is 0 Å². The summed E-state index contributed by atoms with van der Waals surface area (Å²) in [4.78, 5) is 13.9. The minimum atomic E-state index is -0.0365. The van der Waals surface area contributed by atoms with E-state index >= 15 is 0 Å². The Labute approximate surface area is 116 Å². The van der Waals surface area contributed by atoms with Gasteiger partial charge in [0.1, 0.15) is 11.4 Å². The van der Waals surface area contributed by atoms with Crippen LogP contribution in [0, 0.1) is 19.8 Å². The van der Waals surface area contributed by atoms with Crippen LogP contribution >= 0.6 is 0 Å². The minimum absolute atomic E-state index is 0.0365. The van der Waals surface area contributed by atoms with Gasteiger partial charge in [0, 0.05) is 31.6 Å². The monoisotopic (exact) mass is 275 g/mol. The highest BCUT2D eigenvalue weighted by molar-refractivity contribution is 5.05. The molecule has 0 saturated carbocycles. The van der Waals surface area contributed by atoms with Gasteiger partial charge in [0.15, 0.2) is 0 Å². The van der Waals surface area contributed by atoms with Gasteiger partial charge in [0.25, 0.3) is 5.56 Å². The normalized spacial score (nSPS) is 16.3. The van der Waals surface area contributed by atoms with Crippen molar-refractivity contribution in [1.82, 2.24) is 25.0 Å². The van der Waals surface area contributed by atoms with Crippen LogP contribution in [0.5, 0.6) is 0 Å². The van der Waals surface area contributed by atoms with Crippen molar-refractivity contribution in [3.05, 3.63) is 39.6 Å². The molecule has 3 rings (SSSR count). The van der Waals surface area contributed by atoms with E-state index in [2.05, 4.69) is 24.9 Å². The number of hydrogen-bond acceptors (Lipinski definition) is 6. The first kappa shape index (κ1) is 13.0. The first-order valence-corrected chi connectivity index (χ1v) is 6.67. The molecule has 0 radical (unpaired) electrons. The van der Waals surface area contributed by atoms with E-state index < -0.39 is 0 Å². The SMILES string of the molecule is Cc1ccc(=O)n(CC2CN(Cc3nonc3C)C2)n1. The molecule has 7 nitrogen and oxygen atoms in total. The maximum atomic E-state index is 11.7. The number of hydrogen-bond donors (Lipinski definition) is 0. The van der Waals surface area contributed by atoms with Gasteiger partial charge in [0.05, 0.1) is 12.2 Å². The van der Waals surface area contributed by atoms with E-state index in [1.54, 1.807) is 16.8 Å². The second-order valence-electron chi connectivity index (χ2n) is 5.35. The Morgan fingerprint density at radius 2 is 2.10 bits per heavy atom. The molecule has 0 amide bonds. The molecule has 1 fully saturated rings. The summed E-state index contributed by atoms with van der Waals surface area (Å²) >= 11 is 0. The Hall–Kier alpha value is -2.02. The lowest BCUT2D eigenvalue weighted by Crippen LogP contribution is -2.49. The molecular weight excluding hydrogens is 258 g/mol. The largest absolute Gasteiger partial charge is 0.297 e. The van der Waals surface area contributed by atoms with Crippen molar-refractivity contribution in [2.75, 3.05) is 13.1 Å². The van der Waals surface area contributed by atoms with Crippen molar-refractivity contribution in [2.24, 2.45) is 5.92 Å². The first-order valence-electron chi connectivity index (χ1n) is 6.67. The number of likely N-dealkylation sites (tertiary alicyclic amines) is 1. The third-order valence-electron chi connectivity index (χ3n) is 3.58. The van der Waals surface area contributed by atoms with Crippen molar-refractivity contribution in [3.63, 3.8) is 0 Å². The number of aryl methyl sites for hydroxylation is 2. The Morgan fingerprint density at radius 3 is 2.80 bits per heavy atom. The molecule has 1 aliphatic rings. The van der Waals surface area contributed by atoms with E-state index in [9.17, 15) is 4.79 Å². The van der Waals surface area contributed by atoms with Crippen LogP contribution in [0.15, 0.2) is 21.6 Å². The first-order chi connectivity index (χ1) is 9.61. The van der Waals surface area contributed by atoms with E-state index in [-0.39, 0.29) is 5.56 Å². The third kappa shape index (κ3) is 2.62. The number of nitrogens with zero attached hydrogens (tertiary/aromatic N) is 5. The summed E-state index contributed by atoms with van der Waals surface area (Å²) in [7, 11) is 0.